The van der Waals surface area contributed by atoms with Gasteiger partial charge in [-0.1, -0.05) is 43.7 Å². The molecule has 1 N–H and O–H groups in total. The molecule has 0 bridgehead atoms. The summed E-state index contributed by atoms with van der Waals surface area (Å²) in [5.74, 6) is 0.710. The molecule has 4 aromatic rings. The summed E-state index contributed by atoms with van der Waals surface area (Å²) in [6.07, 6.45) is 1.91. The van der Waals surface area contributed by atoms with Gasteiger partial charge in [-0.25, -0.2) is 9.97 Å². The first kappa shape index (κ1) is 19.8. The van der Waals surface area contributed by atoms with Gasteiger partial charge >= 0.3 is 0 Å². The van der Waals surface area contributed by atoms with Gasteiger partial charge in [0.15, 0.2) is 5.69 Å². The molecule has 0 aliphatic rings. The predicted molar refractivity (Wildman–Crippen MR) is 118 cm³/mol. The number of rotatable bonds is 7. The molecule has 154 valence electrons. The van der Waals surface area contributed by atoms with Crippen LogP contribution in [0.15, 0.2) is 58.8 Å². The van der Waals surface area contributed by atoms with Crippen molar-refractivity contribution in [2.45, 2.75) is 46.3 Å². The highest BCUT2D eigenvalue weighted by Crippen LogP contribution is 2.40. The van der Waals surface area contributed by atoms with E-state index in [0.717, 1.165) is 35.8 Å². The Morgan fingerprint density at radius 2 is 1.70 bits per heavy atom. The molecule has 0 fully saturated rings. The Morgan fingerprint density at radius 1 is 1.00 bits per heavy atom. The predicted octanol–water partition coefficient (Wildman–Crippen LogP) is 6.29. The van der Waals surface area contributed by atoms with Crippen molar-refractivity contribution in [1.29, 1.82) is 0 Å². The fraction of sp³-hybridized carbons (Fsp3) is 0.304. The van der Waals surface area contributed by atoms with Gasteiger partial charge in [0.1, 0.15) is 0 Å². The van der Waals surface area contributed by atoms with E-state index in [9.17, 15) is 5.11 Å². The maximum absolute atomic E-state index is 10.8. The number of azo groups is 1. The summed E-state index contributed by atoms with van der Waals surface area (Å²) >= 11 is 0. The number of benzene rings is 2. The number of hydrogen-bond acceptors (Lipinski definition) is 6. The Labute approximate surface area is 175 Å². The molecule has 0 atom stereocenters. The van der Waals surface area contributed by atoms with Crippen LogP contribution in [0, 0.1) is 0 Å². The van der Waals surface area contributed by atoms with Crippen LogP contribution in [0.5, 0.6) is 11.8 Å². The Balaban J connectivity index is 1.81. The molecule has 0 saturated heterocycles. The van der Waals surface area contributed by atoms with Crippen molar-refractivity contribution >= 4 is 33.4 Å². The lowest BCUT2D eigenvalue weighted by atomic mass is 10.2. The quantitative estimate of drug-likeness (QED) is 0.367. The van der Waals surface area contributed by atoms with Crippen molar-refractivity contribution in [3.8, 4) is 11.8 Å². The molecule has 7 heteroatoms. The first-order chi connectivity index (χ1) is 14.6. The molecular formula is C23H25N5O2. The summed E-state index contributed by atoms with van der Waals surface area (Å²) in [7, 11) is 0. The number of para-hydroxylation sites is 3. The topological polar surface area (TPSA) is 84.9 Å². The molecule has 0 amide bonds. The normalized spacial score (nSPS) is 11.9. The van der Waals surface area contributed by atoms with E-state index in [4.69, 9.17) is 4.74 Å². The molecule has 0 radical (unpaired) electrons. The van der Waals surface area contributed by atoms with E-state index in [1.807, 2.05) is 66.9 Å². The SMILES string of the molecule is CCCCn1c(O)c(N=Nc2nc3ccccc3nc2OC(C)C)c2ccccc21. The number of aromatic nitrogens is 3. The van der Waals surface area contributed by atoms with Gasteiger partial charge in [-0.15, -0.1) is 10.2 Å². The van der Waals surface area contributed by atoms with Gasteiger partial charge in [0, 0.05) is 11.9 Å². The minimum atomic E-state index is -0.0845. The summed E-state index contributed by atoms with van der Waals surface area (Å²) in [6, 6.07) is 15.3. The molecule has 0 spiro atoms. The van der Waals surface area contributed by atoms with Crippen LogP contribution in [0.25, 0.3) is 21.9 Å². The molecule has 7 nitrogen and oxygen atoms in total. The minimum absolute atomic E-state index is 0.0845. The molecule has 0 aliphatic heterocycles. The van der Waals surface area contributed by atoms with Crippen LogP contribution in [0.2, 0.25) is 0 Å². The van der Waals surface area contributed by atoms with Gasteiger partial charge in [-0.2, -0.15) is 0 Å². The number of aromatic hydroxyl groups is 1. The Hall–Kier alpha value is -3.48. The Bertz CT molecular complexity index is 1210. The molecule has 2 aromatic carbocycles. The zero-order chi connectivity index (χ0) is 21.1. The van der Waals surface area contributed by atoms with E-state index in [1.165, 1.54) is 0 Å². The summed E-state index contributed by atoms with van der Waals surface area (Å²) < 4.78 is 7.70. The fourth-order valence-corrected chi connectivity index (χ4v) is 3.35. The number of unbranched alkanes of at least 4 members (excludes halogenated alkanes) is 1. The highest BCUT2D eigenvalue weighted by atomic mass is 16.5. The van der Waals surface area contributed by atoms with E-state index >= 15 is 0 Å². The van der Waals surface area contributed by atoms with Gasteiger partial charge in [0.25, 0.3) is 5.88 Å². The van der Waals surface area contributed by atoms with Crippen molar-refractivity contribution in [2.75, 3.05) is 0 Å². The van der Waals surface area contributed by atoms with Crippen LogP contribution in [0.3, 0.4) is 0 Å². The summed E-state index contributed by atoms with van der Waals surface area (Å²) in [5, 5.41) is 20.4. The smallest absolute Gasteiger partial charge is 0.262 e. The maximum Gasteiger partial charge on any atom is 0.262 e. The van der Waals surface area contributed by atoms with Gasteiger partial charge in [-0.3, -0.25) is 0 Å². The summed E-state index contributed by atoms with van der Waals surface area (Å²) in [6.45, 7) is 6.68. The fourth-order valence-electron chi connectivity index (χ4n) is 3.35. The Morgan fingerprint density at radius 3 is 2.43 bits per heavy atom. The first-order valence-electron chi connectivity index (χ1n) is 10.2. The lowest BCUT2D eigenvalue weighted by Gasteiger charge is -2.10. The average Bonchev–Trinajstić information content (AvgIpc) is 3.01. The average molecular weight is 403 g/mol. The van der Waals surface area contributed by atoms with Crippen LogP contribution in [0.1, 0.15) is 33.6 Å². The van der Waals surface area contributed by atoms with Crippen LogP contribution < -0.4 is 4.74 Å². The number of ether oxygens (including phenoxy) is 1. The second-order valence-corrected chi connectivity index (χ2v) is 7.40. The minimum Gasteiger partial charge on any atom is -0.493 e. The Kier molecular flexibility index (Phi) is 5.61. The van der Waals surface area contributed by atoms with Gasteiger partial charge in [-0.05, 0) is 38.5 Å². The maximum atomic E-state index is 10.8. The standard InChI is InChI=1S/C23H25N5O2/c1-4-5-14-28-19-13-9-6-10-16(19)20(23(28)29)26-27-21-22(30-15(2)3)25-18-12-8-7-11-17(18)24-21/h6-13,15,29H,4-5,14H2,1-3H3. The van der Waals surface area contributed by atoms with Crippen molar-refractivity contribution < 1.29 is 9.84 Å². The van der Waals surface area contributed by atoms with Crippen LogP contribution in [-0.4, -0.2) is 25.7 Å². The third-order valence-electron chi connectivity index (χ3n) is 4.77. The van der Waals surface area contributed by atoms with E-state index in [0.29, 0.717) is 17.1 Å². The van der Waals surface area contributed by atoms with Crippen LogP contribution in [-0.2, 0) is 6.54 Å². The highest BCUT2D eigenvalue weighted by Gasteiger charge is 2.17. The van der Waals surface area contributed by atoms with Crippen LogP contribution >= 0.6 is 0 Å². The number of aryl methyl sites for hydroxylation is 1. The van der Waals surface area contributed by atoms with E-state index in [2.05, 4.69) is 27.1 Å². The van der Waals surface area contributed by atoms with Crippen LogP contribution in [0.4, 0.5) is 11.5 Å². The van der Waals surface area contributed by atoms with Crippen molar-refractivity contribution in [3.63, 3.8) is 0 Å². The molecule has 30 heavy (non-hydrogen) atoms. The summed E-state index contributed by atoms with van der Waals surface area (Å²) in [5.41, 5.74) is 2.79. The zero-order valence-corrected chi connectivity index (χ0v) is 17.4. The molecule has 0 saturated carbocycles. The van der Waals surface area contributed by atoms with Crippen molar-refractivity contribution in [1.82, 2.24) is 14.5 Å². The molecule has 4 rings (SSSR count). The molecule has 0 aliphatic carbocycles. The third kappa shape index (κ3) is 3.83. The van der Waals surface area contributed by atoms with E-state index in [-0.39, 0.29) is 17.8 Å². The second-order valence-electron chi connectivity index (χ2n) is 7.40. The molecule has 2 aromatic heterocycles. The lowest BCUT2D eigenvalue weighted by Crippen LogP contribution is -2.07. The van der Waals surface area contributed by atoms with Crippen molar-refractivity contribution in [2.24, 2.45) is 10.2 Å². The molecule has 2 heterocycles. The van der Waals surface area contributed by atoms with Gasteiger partial charge in [0.2, 0.25) is 11.7 Å². The highest BCUT2D eigenvalue weighted by molar-refractivity contribution is 5.95. The molecular weight excluding hydrogens is 378 g/mol. The second kappa shape index (κ2) is 8.49. The number of fused-ring (bicyclic) bond motifs is 2. The third-order valence-corrected chi connectivity index (χ3v) is 4.77. The van der Waals surface area contributed by atoms with E-state index in [1.54, 1.807) is 0 Å². The largest absolute Gasteiger partial charge is 0.493 e. The lowest BCUT2D eigenvalue weighted by molar-refractivity contribution is 0.233. The van der Waals surface area contributed by atoms with Gasteiger partial charge < -0.3 is 14.4 Å². The zero-order valence-electron chi connectivity index (χ0n) is 17.4. The monoisotopic (exact) mass is 403 g/mol. The number of hydrogen-bond donors (Lipinski definition) is 1. The summed E-state index contributed by atoms with van der Waals surface area (Å²) in [4.78, 5) is 9.12. The van der Waals surface area contributed by atoms with Gasteiger partial charge in [0.05, 0.1) is 22.7 Å². The van der Waals surface area contributed by atoms with E-state index < -0.39 is 0 Å². The first-order valence-corrected chi connectivity index (χ1v) is 10.2. The molecule has 0 unspecified atom stereocenters. The van der Waals surface area contributed by atoms with Crippen molar-refractivity contribution in [3.05, 3.63) is 48.5 Å². The number of nitrogens with zero attached hydrogens (tertiary/aromatic N) is 5.